The van der Waals surface area contributed by atoms with Gasteiger partial charge in [-0.3, -0.25) is 4.79 Å². The Bertz CT molecular complexity index is 1410. The lowest BCUT2D eigenvalue weighted by Crippen LogP contribution is -2.49. The molecule has 2 saturated carbocycles. The number of hydrogen-bond donors (Lipinski definition) is 1. The number of methoxy groups -OCH3 is 1. The summed E-state index contributed by atoms with van der Waals surface area (Å²) in [5.41, 5.74) is 4.55. The van der Waals surface area contributed by atoms with Crippen LogP contribution in [0.4, 0.5) is 5.69 Å². The predicted octanol–water partition coefficient (Wildman–Crippen LogP) is 5.91. The molecule has 2 aromatic carbocycles. The van der Waals surface area contributed by atoms with Gasteiger partial charge >= 0.3 is 0 Å². The van der Waals surface area contributed by atoms with Gasteiger partial charge in [-0.15, -0.1) is 0 Å². The highest BCUT2D eigenvalue weighted by Gasteiger charge is 2.56. The van der Waals surface area contributed by atoms with Crippen LogP contribution in [0.3, 0.4) is 0 Å². The lowest BCUT2D eigenvalue weighted by Gasteiger charge is -2.46. The molecule has 1 amide bonds. The van der Waals surface area contributed by atoms with E-state index in [1.165, 1.54) is 17.5 Å². The number of anilines is 1. The number of aryl methyl sites for hydroxylation is 1. The first kappa shape index (κ1) is 29.2. The van der Waals surface area contributed by atoms with Gasteiger partial charge in [0, 0.05) is 62.7 Å². The van der Waals surface area contributed by atoms with Gasteiger partial charge in [-0.25, -0.2) is 0 Å². The minimum absolute atomic E-state index is 0.0771. The van der Waals surface area contributed by atoms with E-state index in [0.717, 1.165) is 73.6 Å². The van der Waals surface area contributed by atoms with Crippen molar-refractivity contribution < 1.29 is 19.4 Å². The normalized spacial score (nSPS) is 34.6. The second kappa shape index (κ2) is 11.4. The van der Waals surface area contributed by atoms with Gasteiger partial charge in [0.1, 0.15) is 5.75 Å². The standard InChI is InChI=1S/C36H45ClN2O4/c1-38-15-4-3-7-32(42-2)29-11-8-25(29)20-39-22-35(14-5-6-24-16-28(37)10-12-30(24)35)23-43-33-13-9-26(17-31(33)39)36(19-34(38)41)18-27(36)21-40/h3,7,9-10,12-13,16-17,25,27,29,32,40H,4-6,8,11,14-15,18-23H2,1-2H3/b7-3+/t25-,27?,29+,32-,35-,36-/m0/s1. The summed E-state index contributed by atoms with van der Waals surface area (Å²) in [5.74, 6) is 2.14. The average molecular weight is 605 g/mol. The third kappa shape index (κ3) is 5.17. The summed E-state index contributed by atoms with van der Waals surface area (Å²) in [5, 5.41) is 11.1. The number of nitrogens with zero attached hydrogens (tertiary/aromatic N) is 2. The Hall–Kier alpha value is -2.54. The number of fused-ring (bicyclic) bond motifs is 5. The molecular weight excluding hydrogens is 560 g/mol. The van der Waals surface area contributed by atoms with Gasteiger partial charge in [-0.05, 0) is 104 Å². The van der Waals surface area contributed by atoms with Gasteiger partial charge in [-0.1, -0.05) is 35.9 Å². The van der Waals surface area contributed by atoms with Crippen LogP contribution in [0.2, 0.25) is 5.02 Å². The van der Waals surface area contributed by atoms with Gasteiger partial charge in [0.05, 0.1) is 18.4 Å². The molecule has 6 atom stereocenters. The SMILES string of the molecule is CO[C@H]1/C=C/CCN(C)C(=O)C[C@@]2(CC2CO)c2ccc3c(c2)N(C[C@@H]2CC[C@H]21)C[C@@]1(CCCc2cc(Cl)ccc21)CO3. The molecule has 2 aromatic rings. The molecule has 2 aliphatic heterocycles. The van der Waals surface area contributed by atoms with Gasteiger partial charge in [0.25, 0.3) is 0 Å². The molecule has 230 valence electrons. The number of hydrogen-bond acceptors (Lipinski definition) is 5. The van der Waals surface area contributed by atoms with Crippen LogP contribution in [0.25, 0.3) is 0 Å². The smallest absolute Gasteiger partial charge is 0.223 e. The van der Waals surface area contributed by atoms with Crippen molar-refractivity contribution in [3.63, 3.8) is 0 Å². The van der Waals surface area contributed by atoms with Crippen LogP contribution < -0.4 is 9.64 Å². The van der Waals surface area contributed by atoms with E-state index in [2.05, 4.69) is 47.4 Å². The van der Waals surface area contributed by atoms with E-state index in [9.17, 15) is 9.90 Å². The van der Waals surface area contributed by atoms with Crippen molar-refractivity contribution in [1.82, 2.24) is 4.90 Å². The van der Waals surface area contributed by atoms with Crippen molar-refractivity contribution in [2.24, 2.45) is 17.8 Å². The number of rotatable bonds is 2. The van der Waals surface area contributed by atoms with Crippen molar-refractivity contribution >= 4 is 23.2 Å². The van der Waals surface area contributed by atoms with Gasteiger partial charge in [-0.2, -0.15) is 0 Å². The largest absolute Gasteiger partial charge is 0.490 e. The first-order chi connectivity index (χ1) is 20.9. The minimum Gasteiger partial charge on any atom is -0.490 e. The Morgan fingerprint density at radius 3 is 2.84 bits per heavy atom. The maximum absolute atomic E-state index is 13.5. The van der Waals surface area contributed by atoms with Crippen LogP contribution in [-0.4, -0.2) is 69.0 Å². The molecule has 5 aliphatic rings. The lowest BCUT2D eigenvalue weighted by molar-refractivity contribution is -0.130. The third-order valence-corrected chi connectivity index (χ3v) is 11.8. The second-order valence-electron chi connectivity index (χ2n) is 13.9. The maximum Gasteiger partial charge on any atom is 0.223 e. The zero-order chi connectivity index (χ0) is 29.8. The highest BCUT2D eigenvalue weighted by atomic mass is 35.5. The molecule has 2 bridgehead atoms. The summed E-state index contributed by atoms with van der Waals surface area (Å²) in [4.78, 5) is 18.0. The number of amides is 1. The van der Waals surface area contributed by atoms with Crippen molar-refractivity contribution in [3.8, 4) is 5.75 Å². The van der Waals surface area contributed by atoms with Gasteiger partial charge in [0.15, 0.2) is 0 Å². The zero-order valence-electron chi connectivity index (χ0n) is 25.6. The van der Waals surface area contributed by atoms with E-state index in [0.29, 0.717) is 31.4 Å². The molecule has 0 saturated heterocycles. The number of aliphatic hydroxyl groups is 1. The monoisotopic (exact) mass is 604 g/mol. The number of carbonyl (C=O) groups excluding carboxylic acids is 1. The fraction of sp³-hybridized carbons (Fsp3) is 0.583. The number of aliphatic hydroxyl groups excluding tert-OH is 1. The van der Waals surface area contributed by atoms with Crippen LogP contribution in [-0.2, 0) is 26.8 Å². The molecule has 0 aromatic heterocycles. The summed E-state index contributed by atoms with van der Waals surface area (Å²) in [6.07, 6.45) is 12.2. The molecule has 6 nitrogen and oxygen atoms in total. The average Bonchev–Trinajstić information content (AvgIpc) is 3.74. The lowest BCUT2D eigenvalue weighted by atomic mass is 9.68. The number of benzene rings is 2. The summed E-state index contributed by atoms with van der Waals surface area (Å²) in [6.45, 7) is 3.24. The van der Waals surface area contributed by atoms with Gasteiger partial charge in [0.2, 0.25) is 5.91 Å². The Morgan fingerprint density at radius 2 is 2.07 bits per heavy atom. The van der Waals surface area contributed by atoms with E-state index >= 15 is 0 Å². The van der Waals surface area contributed by atoms with Crippen molar-refractivity contribution in [2.45, 2.75) is 68.3 Å². The van der Waals surface area contributed by atoms with E-state index in [-0.39, 0.29) is 35.4 Å². The maximum atomic E-state index is 13.5. The predicted molar refractivity (Wildman–Crippen MR) is 170 cm³/mol. The van der Waals surface area contributed by atoms with Crippen LogP contribution in [0, 0.1) is 17.8 Å². The number of halogens is 1. The third-order valence-electron chi connectivity index (χ3n) is 11.5. The van der Waals surface area contributed by atoms with Crippen LogP contribution in [0.15, 0.2) is 48.6 Å². The second-order valence-corrected chi connectivity index (χ2v) is 14.4. The molecule has 1 N–H and O–H groups in total. The summed E-state index contributed by atoms with van der Waals surface area (Å²) >= 11 is 6.46. The van der Waals surface area contributed by atoms with Gasteiger partial charge < -0.3 is 24.4 Å². The topological polar surface area (TPSA) is 62.2 Å². The minimum atomic E-state index is -0.327. The van der Waals surface area contributed by atoms with E-state index < -0.39 is 0 Å². The molecule has 7 rings (SSSR count). The fourth-order valence-corrected chi connectivity index (χ4v) is 8.87. The number of ether oxygens (including phenoxy) is 2. The molecule has 43 heavy (non-hydrogen) atoms. The Kier molecular flexibility index (Phi) is 7.76. The molecule has 2 heterocycles. The molecule has 0 radical (unpaired) electrons. The van der Waals surface area contributed by atoms with Crippen molar-refractivity contribution in [3.05, 3.63) is 70.3 Å². The first-order valence-electron chi connectivity index (χ1n) is 16.2. The van der Waals surface area contributed by atoms with Crippen LogP contribution in [0.5, 0.6) is 5.75 Å². The van der Waals surface area contributed by atoms with E-state index in [1.807, 2.05) is 25.1 Å². The highest BCUT2D eigenvalue weighted by Crippen LogP contribution is 2.58. The Balaban J connectivity index is 1.32. The Morgan fingerprint density at radius 1 is 1.19 bits per heavy atom. The molecule has 1 unspecified atom stereocenters. The molecule has 7 heteroatoms. The van der Waals surface area contributed by atoms with E-state index in [1.54, 1.807) is 0 Å². The molecule has 2 spiro atoms. The van der Waals surface area contributed by atoms with Crippen molar-refractivity contribution in [2.75, 3.05) is 51.9 Å². The summed E-state index contributed by atoms with van der Waals surface area (Å²) in [6, 6.07) is 13.0. The molecular formula is C36H45ClN2O4. The van der Waals surface area contributed by atoms with E-state index in [4.69, 9.17) is 21.1 Å². The molecule has 3 aliphatic carbocycles. The van der Waals surface area contributed by atoms with Crippen molar-refractivity contribution in [1.29, 1.82) is 0 Å². The Labute approximate surface area is 261 Å². The van der Waals surface area contributed by atoms with Crippen LogP contribution >= 0.6 is 11.6 Å². The quantitative estimate of drug-likeness (QED) is 0.432. The molecule has 2 fully saturated rings. The zero-order valence-corrected chi connectivity index (χ0v) is 26.3. The first-order valence-corrected chi connectivity index (χ1v) is 16.6. The number of carbonyl (C=O) groups is 1. The summed E-state index contributed by atoms with van der Waals surface area (Å²) < 4.78 is 12.8. The fourth-order valence-electron chi connectivity index (χ4n) is 8.68. The van der Waals surface area contributed by atoms with Crippen LogP contribution in [0.1, 0.15) is 61.6 Å². The highest BCUT2D eigenvalue weighted by molar-refractivity contribution is 6.30. The summed E-state index contributed by atoms with van der Waals surface area (Å²) in [7, 11) is 3.73.